The minimum atomic E-state index is 0.781. The summed E-state index contributed by atoms with van der Waals surface area (Å²) in [5.41, 5.74) is 20.5. The van der Waals surface area contributed by atoms with E-state index in [0.717, 1.165) is 23.4 Å². The molecule has 0 amide bonds. The van der Waals surface area contributed by atoms with Crippen molar-refractivity contribution in [2.45, 2.75) is 6.42 Å². The third-order valence-corrected chi connectivity index (χ3v) is 4.82. The summed E-state index contributed by atoms with van der Waals surface area (Å²) in [5, 5.41) is 0. The first-order valence-electron chi connectivity index (χ1n) is 9.09. The van der Waals surface area contributed by atoms with E-state index in [1.165, 1.54) is 27.8 Å². The predicted octanol–water partition coefficient (Wildman–Crippen LogP) is 5.34. The molecule has 2 heteroatoms. The molecule has 0 aliphatic heterocycles. The van der Waals surface area contributed by atoms with Gasteiger partial charge in [0.05, 0.1) is 0 Å². The van der Waals surface area contributed by atoms with E-state index in [0.29, 0.717) is 0 Å². The van der Waals surface area contributed by atoms with Crippen molar-refractivity contribution >= 4 is 22.4 Å². The molecule has 2 aliphatic rings. The van der Waals surface area contributed by atoms with Crippen LogP contribution in [0.1, 0.15) is 23.1 Å². The smallest absolute Gasteiger partial charge is 0.0314 e. The molecule has 0 bridgehead atoms. The quantitative estimate of drug-likeness (QED) is 0.734. The SMILES string of the molecule is NC1=C[CH]C(c2ccc(C3=CC=C(c4ccc(N)cc4)C=C[CH]3)cc2)=CC1. The highest BCUT2D eigenvalue weighted by Gasteiger charge is 2.08. The van der Waals surface area contributed by atoms with E-state index in [4.69, 9.17) is 11.5 Å². The van der Waals surface area contributed by atoms with Crippen molar-refractivity contribution in [3.05, 3.63) is 120 Å². The number of nitrogen functional groups attached to an aromatic ring is 1. The summed E-state index contributed by atoms with van der Waals surface area (Å²) < 4.78 is 0. The van der Waals surface area contributed by atoms with Gasteiger partial charge in [0.25, 0.3) is 0 Å². The molecule has 27 heavy (non-hydrogen) atoms. The molecular weight excluding hydrogens is 328 g/mol. The Bertz CT molecular complexity index is 982. The summed E-state index contributed by atoms with van der Waals surface area (Å²) in [4.78, 5) is 0. The van der Waals surface area contributed by atoms with Gasteiger partial charge < -0.3 is 11.5 Å². The first kappa shape index (κ1) is 17.2. The predicted molar refractivity (Wildman–Crippen MR) is 116 cm³/mol. The summed E-state index contributed by atoms with van der Waals surface area (Å²) in [6.07, 6.45) is 17.7. The average molecular weight is 350 g/mol. The number of hydrogen-bond acceptors (Lipinski definition) is 2. The lowest BCUT2D eigenvalue weighted by Gasteiger charge is -2.12. The van der Waals surface area contributed by atoms with Crippen molar-refractivity contribution in [3.63, 3.8) is 0 Å². The van der Waals surface area contributed by atoms with Crippen molar-refractivity contribution in [2.24, 2.45) is 5.73 Å². The maximum atomic E-state index is 5.83. The van der Waals surface area contributed by atoms with Crippen LogP contribution >= 0.6 is 0 Å². The zero-order valence-corrected chi connectivity index (χ0v) is 15.1. The fourth-order valence-corrected chi connectivity index (χ4v) is 3.24. The summed E-state index contributed by atoms with van der Waals surface area (Å²) in [7, 11) is 0. The standard InChI is InChI=1S/C25H22N2/c26-24-14-10-22(11-15-24)19-3-1-2-18(4-5-19)20-6-8-21(9-7-20)23-12-16-25(27)17-13-23/h1-16H,17,26-27H2. The molecule has 132 valence electrons. The van der Waals surface area contributed by atoms with Crippen molar-refractivity contribution < 1.29 is 0 Å². The van der Waals surface area contributed by atoms with Gasteiger partial charge in [-0.3, -0.25) is 0 Å². The van der Waals surface area contributed by atoms with Crippen molar-refractivity contribution in [3.8, 4) is 0 Å². The van der Waals surface area contributed by atoms with E-state index in [1.807, 2.05) is 18.2 Å². The molecule has 2 nitrogen and oxygen atoms in total. The van der Waals surface area contributed by atoms with Gasteiger partial charge in [0.15, 0.2) is 0 Å². The minimum absolute atomic E-state index is 0.781. The third-order valence-electron chi connectivity index (χ3n) is 4.82. The van der Waals surface area contributed by atoms with E-state index < -0.39 is 0 Å². The maximum Gasteiger partial charge on any atom is 0.0314 e. The minimum Gasteiger partial charge on any atom is -0.402 e. The van der Waals surface area contributed by atoms with E-state index >= 15 is 0 Å². The number of nitrogens with two attached hydrogens (primary N) is 2. The Kier molecular flexibility index (Phi) is 4.80. The van der Waals surface area contributed by atoms with Crippen molar-refractivity contribution in [2.75, 3.05) is 5.73 Å². The molecule has 4 N–H and O–H groups in total. The Labute approximate surface area is 160 Å². The molecule has 0 aromatic heterocycles. The van der Waals surface area contributed by atoms with Crippen LogP contribution in [0.25, 0.3) is 16.7 Å². The van der Waals surface area contributed by atoms with Crippen LogP contribution in [0.2, 0.25) is 0 Å². The monoisotopic (exact) mass is 350 g/mol. The molecule has 0 fully saturated rings. The molecule has 0 unspecified atom stereocenters. The molecule has 2 radical (unpaired) electrons. The van der Waals surface area contributed by atoms with E-state index in [9.17, 15) is 0 Å². The van der Waals surface area contributed by atoms with E-state index in [-0.39, 0.29) is 0 Å². The number of benzene rings is 2. The third kappa shape index (κ3) is 3.95. The zero-order chi connectivity index (χ0) is 18.6. The largest absolute Gasteiger partial charge is 0.402 e. The molecule has 0 saturated carbocycles. The molecule has 4 rings (SSSR count). The molecule has 2 aromatic rings. The van der Waals surface area contributed by atoms with Crippen molar-refractivity contribution in [1.29, 1.82) is 0 Å². The van der Waals surface area contributed by atoms with Crippen LogP contribution in [0.5, 0.6) is 0 Å². The van der Waals surface area contributed by atoms with E-state index in [2.05, 4.69) is 79.6 Å². The van der Waals surface area contributed by atoms with Crippen LogP contribution in [0, 0.1) is 12.8 Å². The first-order valence-corrected chi connectivity index (χ1v) is 9.09. The van der Waals surface area contributed by atoms with Gasteiger partial charge in [0, 0.05) is 30.6 Å². The molecule has 2 aliphatic carbocycles. The summed E-state index contributed by atoms with van der Waals surface area (Å²) >= 11 is 0. The molecule has 2 aromatic carbocycles. The van der Waals surface area contributed by atoms with Crippen LogP contribution in [-0.4, -0.2) is 0 Å². The second-order valence-electron chi connectivity index (χ2n) is 6.74. The zero-order valence-electron chi connectivity index (χ0n) is 15.1. The van der Waals surface area contributed by atoms with Gasteiger partial charge in [-0.05, 0) is 45.5 Å². The van der Waals surface area contributed by atoms with Crippen LogP contribution in [0.4, 0.5) is 5.69 Å². The number of hydrogen-bond donors (Lipinski definition) is 2. The Morgan fingerprint density at radius 3 is 1.85 bits per heavy atom. The van der Waals surface area contributed by atoms with Crippen LogP contribution in [-0.2, 0) is 0 Å². The molecule has 0 saturated heterocycles. The first-order chi connectivity index (χ1) is 13.2. The van der Waals surface area contributed by atoms with Gasteiger partial charge in [-0.15, -0.1) is 0 Å². The normalized spacial score (nSPS) is 16.7. The fraction of sp³-hybridized carbons (Fsp3) is 0.0400. The average Bonchev–Trinajstić information content (AvgIpc) is 2.96. The van der Waals surface area contributed by atoms with Gasteiger partial charge in [0.1, 0.15) is 0 Å². The van der Waals surface area contributed by atoms with Gasteiger partial charge in [-0.2, -0.15) is 0 Å². The highest BCUT2D eigenvalue weighted by Crippen LogP contribution is 2.28. The van der Waals surface area contributed by atoms with Crippen molar-refractivity contribution in [1.82, 2.24) is 0 Å². The lowest BCUT2D eigenvalue weighted by molar-refractivity contribution is 1.14. The Morgan fingerprint density at radius 1 is 0.593 bits per heavy atom. The highest BCUT2D eigenvalue weighted by atomic mass is 14.6. The van der Waals surface area contributed by atoms with Crippen LogP contribution in [0.15, 0.2) is 90.7 Å². The molecule has 0 heterocycles. The Hall–Kier alpha value is -3.26. The van der Waals surface area contributed by atoms with Gasteiger partial charge in [0.2, 0.25) is 0 Å². The molecule has 0 spiro atoms. The number of allylic oxidation sites excluding steroid dienone is 9. The number of rotatable bonds is 3. The highest BCUT2D eigenvalue weighted by molar-refractivity contribution is 5.85. The van der Waals surface area contributed by atoms with Gasteiger partial charge in [-0.25, -0.2) is 0 Å². The second kappa shape index (κ2) is 7.55. The number of anilines is 1. The summed E-state index contributed by atoms with van der Waals surface area (Å²) in [6.45, 7) is 0. The van der Waals surface area contributed by atoms with Gasteiger partial charge in [-0.1, -0.05) is 72.9 Å². The lowest BCUT2D eigenvalue weighted by Crippen LogP contribution is -2.01. The molecular formula is C25H22N2. The summed E-state index contributed by atoms with van der Waals surface area (Å²) in [6, 6.07) is 16.6. The summed E-state index contributed by atoms with van der Waals surface area (Å²) in [5.74, 6) is 0. The van der Waals surface area contributed by atoms with Gasteiger partial charge >= 0.3 is 0 Å². The Balaban J connectivity index is 1.55. The second-order valence-corrected chi connectivity index (χ2v) is 6.74. The maximum absolute atomic E-state index is 5.83. The van der Waals surface area contributed by atoms with Crippen LogP contribution in [0.3, 0.4) is 0 Å². The van der Waals surface area contributed by atoms with Crippen LogP contribution < -0.4 is 11.5 Å². The fourth-order valence-electron chi connectivity index (χ4n) is 3.24. The molecule has 0 atom stereocenters. The van der Waals surface area contributed by atoms with E-state index in [1.54, 1.807) is 0 Å². The topological polar surface area (TPSA) is 52.0 Å². The lowest BCUT2D eigenvalue weighted by atomic mass is 9.94. The Morgan fingerprint density at radius 2 is 1.19 bits per heavy atom.